The molecule has 0 saturated heterocycles. The largest absolute Gasteiger partial charge is 0.433 e. The molecule has 0 radical (unpaired) electrons. The number of thiazole rings is 1. The van der Waals surface area contributed by atoms with Crippen LogP contribution in [0.5, 0.6) is 0 Å². The van der Waals surface area contributed by atoms with E-state index < -0.39 is 11.9 Å². The van der Waals surface area contributed by atoms with E-state index in [1.54, 1.807) is 49.8 Å². The molecule has 0 aliphatic carbocycles. The summed E-state index contributed by atoms with van der Waals surface area (Å²) in [6.07, 6.45) is -1.00. The van der Waals surface area contributed by atoms with Crippen molar-refractivity contribution in [1.29, 1.82) is 0 Å². The number of rotatable bonds is 5. The summed E-state index contributed by atoms with van der Waals surface area (Å²) < 4.78 is 36.8. The number of aromatic nitrogens is 4. The van der Waals surface area contributed by atoms with Crippen LogP contribution in [0.3, 0.4) is 0 Å². The third kappa shape index (κ3) is 6.43. The highest BCUT2D eigenvalue weighted by atomic mass is 35.5. The van der Waals surface area contributed by atoms with E-state index in [9.17, 15) is 22.8 Å². The molecule has 8 nitrogen and oxygen atoms in total. The second-order valence-corrected chi connectivity index (χ2v) is 8.31. The Morgan fingerprint density at radius 2 is 1.80 bits per heavy atom. The van der Waals surface area contributed by atoms with Crippen LogP contribution in [0, 0.1) is 6.92 Å². The van der Waals surface area contributed by atoms with E-state index in [1.807, 2.05) is 0 Å². The van der Waals surface area contributed by atoms with Gasteiger partial charge in [0.25, 0.3) is 5.56 Å². The molecule has 3 heterocycles. The fourth-order valence-electron chi connectivity index (χ4n) is 2.89. The molecular weight excluding hydrogens is 505 g/mol. The van der Waals surface area contributed by atoms with E-state index in [4.69, 9.17) is 11.6 Å². The van der Waals surface area contributed by atoms with Crippen molar-refractivity contribution < 1.29 is 18.0 Å². The second-order valence-electron chi connectivity index (χ2n) is 6.98. The van der Waals surface area contributed by atoms with Crippen LogP contribution < -0.4 is 16.4 Å². The van der Waals surface area contributed by atoms with Gasteiger partial charge in [0.05, 0.1) is 11.1 Å². The zero-order chi connectivity index (χ0) is 25.6. The molecule has 4 rings (SSSR count). The first-order valence-electron chi connectivity index (χ1n) is 9.84. The number of benzene rings is 1. The number of alkyl halides is 3. The van der Waals surface area contributed by atoms with Gasteiger partial charge in [-0.05, 0) is 36.2 Å². The number of nitrogens with one attached hydrogen (secondary N) is 2. The summed E-state index contributed by atoms with van der Waals surface area (Å²) in [7, 11) is 1.54. The minimum Gasteiger partial charge on any atom is -0.280 e. The van der Waals surface area contributed by atoms with Crippen molar-refractivity contribution in [2.24, 2.45) is 7.05 Å². The number of nitrogens with zero attached hydrogens (tertiary/aromatic N) is 4. The zero-order valence-electron chi connectivity index (χ0n) is 18.3. The Labute approximate surface area is 206 Å². The van der Waals surface area contributed by atoms with Gasteiger partial charge < -0.3 is 0 Å². The van der Waals surface area contributed by atoms with Crippen LogP contribution in [-0.2, 0) is 18.0 Å². The van der Waals surface area contributed by atoms with Crippen LogP contribution in [0.2, 0.25) is 5.02 Å². The molecule has 0 aliphatic rings. The Kier molecular flexibility index (Phi) is 8.20. The minimum atomic E-state index is -4.33. The van der Waals surface area contributed by atoms with Gasteiger partial charge in [-0.2, -0.15) is 13.2 Å². The molecule has 2 N–H and O–H groups in total. The Morgan fingerprint density at radius 1 is 1.09 bits per heavy atom. The highest BCUT2D eigenvalue weighted by Gasteiger charge is 2.31. The van der Waals surface area contributed by atoms with Crippen LogP contribution in [-0.4, -0.2) is 26.2 Å². The maximum absolute atomic E-state index is 12.7. The molecule has 1 aromatic carbocycles. The van der Waals surface area contributed by atoms with E-state index >= 15 is 0 Å². The predicted molar refractivity (Wildman–Crippen MR) is 128 cm³/mol. The van der Waals surface area contributed by atoms with E-state index in [1.165, 1.54) is 28.3 Å². The van der Waals surface area contributed by atoms with Gasteiger partial charge in [0, 0.05) is 29.8 Å². The summed E-state index contributed by atoms with van der Waals surface area (Å²) in [6.45, 7) is 1.69. The van der Waals surface area contributed by atoms with Crippen LogP contribution in [0.1, 0.15) is 11.3 Å². The molecule has 0 saturated carbocycles. The fraction of sp³-hybridized carbons (Fsp3) is 0.136. The Hall–Kier alpha value is -3.77. The van der Waals surface area contributed by atoms with Crippen LogP contribution in [0.25, 0.3) is 21.7 Å². The third-order valence-electron chi connectivity index (χ3n) is 4.47. The fourth-order valence-corrected chi connectivity index (χ4v) is 3.71. The Balaban J connectivity index is 0.000000261. The molecule has 3 aromatic heterocycles. The molecule has 0 atom stereocenters. The van der Waals surface area contributed by atoms with Crippen molar-refractivity contribution in [2.45, 2.75) is 13.1 Å². The van der Waals surface area contributed by atoms with Gasteiger partial charge in [0.2, 0.25) is 6.41 Å². The quantitative estimate of drug-likeness (QED) is 0.291. The number of pyridine rings is 1. The molecule has 0 spiro atoms. The van der Waals surface area contributed by atoms with E-state index in [2.05, 4.69) is 25.9 Å². The number of hydrogen-bond acceptors (Lipinski definition) is 7. The first kappa shape index (κ1) is 25.8. The number of anilines is 1. The molecule has 1 amide bonds. The maximum atomic E-state index is 12.7. The molecule has 0 fully saturated rings. The lowest BCUT2D eigenvalue weighted by Crippen LogP contribution is -2.28. The lowest BCUT2D eigenvalue weighted by atomic mass is 10.0. The number of carbonyl (C=O) groups excluding carboxylic acids is 1. The van der Waals surface area contributed by atoms with Gasteiger partial charge in [-0.3, -0.25) is 25.4 Å². The lowest BCUT2D eigenvalue weighted by molar-refractivity contribution is -0.141. The average molecular weight is 523 g/mol. The summed E-state index contributed by atoms with van der Waals surface area (Å²) in [5, 5.41) is 7.17. The topological polar surface area (TPSA) is 102 Å². The normalized spacial score (nSPS) is 10.8. The smallest absolute Gasteiger partial charge is 0.280 e. The second kappa shape index (κ2) is 11.1. The SMILES string of the molecule is Cc1ccc(C(F)(F)F)nc1.Cn1nc(NNC=O)c(-c2nccs2)c(-c2ccc(Cl)cc2)c1=O. The molecule has 182 valence electrons. The molecule has 13 heteroatoms. The van der Waals surface area contributed by atoms with Gasteiger partial charge in [-0.15, -0.1) is 16.4 Å². The van der Waals surface area contributed by atoms with Crippen molar-refractivity contribution >= 4 is 35.2 Å². The van der Waals surface area contributed by atoms with Gasteiger partial charge in [0.1, 0.15) is 10.7 Å². The van der Waals surface area contributed by atoms with Gasteiger partial charge >= 0.3 is 6.18 Å². The lowest BCUT2D eigenvalue weighted by Gasteiger charge is -2.14. The molecule has 4 aromatic rings. The number of halogens is 4. The Morgan fingerprint density at radius 3 is 2.34 bits per heavy atom. The monoisotopic (exact) mass is 522 g/mol. The third-order valence-corrected chi connectivity index (χ3v) is 5.52. The predicted octanol–water partition coefficient (Wildman–Crippen LogP) is 4.71. The standard InChI is InChI=1S/C15H12ClN5O2S.C7H6F3N/c1-21-15(23)11(9-2-4-10(16)5-3-9)12(14-17-6-7-24-14)13(20-21)19-18-8-22;1-5-2-3-6(11-4-5)7(8,9)10/h2-8H,1H3,(H,18,22)(H,19,20);2-4H,1H3. The first-order valence-corrected chi connectivity index (χ1v) is 11.1. The minimum absolute atomic E-state index is 0.279. The summed E-state index contributed by atoms with van der Waals surface area (Å²) in [5.74, 6) is 0.323. The average Bonchev–Trinajstić information content (AvgIpc) is 3.35. The van der Waals surface area contributed by atoms with E-state index in [0.29, 0.717) is 38.9 Å². The summed E-state index contributed by atoms with van der Waals surface area (Å²) in [6, 6.07) is 9.28. The van der Waals surface area contributed by atoms with Crippen molar-refractivity contribution in [2.75, 3.05) is 5.43 Å². The summed E-state index contributed by atoms with van der Waals surface area (Å²) >= 11 is 7.31. The number of aryl methyl sites for hydroxylation is 2. The molecule has 0 aliphatic heterocycles. The summed E-state index contributed by atoms with van der Waals surface area (Å²) in [4.78, 5) is 30.8. The molecule has 35 heavy (non-hydrogen) atoms. The highest BCUT2D eigenvalue weighted by molar-refractivity contribution is 7.13. The van der Waals surface area contributed by atoms with Crippen molar-refractivity contribution in [3.63, 3.8) is 0 Å². The van der Waals surface area contributed by atoms with Crippen LogP contribution >= 0.6 is 22.9 Å². The van der Waals surface area contributed by atoms with Crippen LogP contribution in [0.4, 0.5) is 19.0 Å². The van der Waals surface area contributed by atoms with Crippen molar-refractivity contribution in [1.82, 2.24) is 25.2 Å². The molecular formula is C22H18ClF3N6O2S. The first-order chi connectivity index (χ1) is 16.6. The highest BCUT2D eigenvalue weighted by Crippen LogP contribution is 2.35. The van der Waals surface area contributed by atoms with Crippen molar-refractivity contribution in [3.05, 3.63) is 80.8 Å². The Bertz CT molecular complexity index is 1340. The molecule has 0 bridgehead atoms. The van der Waals surface area contributed by atoms with Crippen molar-refractivity contribution in [3.8, 4) is 21.7 Å². The number of hydrogen-bond donors (Lipinski definition) is 2. The molecule has 0 unspecified atom stereocenters. The van der Waals surface area contributed by atoms with E-state index in [-0.39, 0.29) is 5.56 Å². The van der Waals surface area contributed by atoms with Gasteiger partial charge in [-0.1, -0.05) is 29.8 Å². The number of amides is 1. The van der Waals surface area contributed by atoms with Gasteiger partial charge in [0.15, 0.2) is 5.82 Å². The van der Waals surface area contributed by atoms with Crippen LogP contribution in [0.15, 0.2) is 59.0 Å². The zero-order valence-corrected chi connectivity index (χ0v) is 19.9. The number of hydrazine groups is 1. The number of carbonyl (C=O) groups is 1. The van der Waals surface area contributed by atoms with Gasteiger partial charge in [-0.25, -0.2) is 9.67 Å². The maximum Gasteiger partial charge on any atom is 0.433 e. The van der Waals surface area contributed by atoms with E-state index in [0.717, 1.165) is 11.6 Å². The summed E-state index contributed by atoms with van der Waals surface area (Å²) in [5.41, 5.74) is 6.26.